The van der Waals surface area contributed by atoms with E-state index >= 15 is 0 Å². The van der Waals surface area contributed by atoms with Crippen molar-refractivity contribution in [2.24, 2.45) is 0 Å². The number of nitrogens with zero attached hydrogens (tertiary/aromatic N) is 1. The third-order valence-corrected chi connectivity index (χ3v) is 7.46. The van der Waals surface area contributed by atoms with Crippen LogP contribution in [0, 0.1) is 0 Å². The van der Waals surface area contributed by atoms with Crippen molar-refractivity contribution in [1.29, 1.82) is 0 Å². The molecule has 0 aliphatic heterocycles. The van der Waals surface area contributed by atoms with E-state index in [2.05, 4.69) is 62.5 Å². The number of rotatable bonds is 30. The molecule has 268 valence electrons. The highest BCUT2D eigenvalue weighted by Gasteiger charge is 2.31. The monoisotopic (exact) mass is 660 g/mol. The fourth-order valence-corrected chi connectivity index (χ4v) is 4.69. The fraction of sp³-hybridized carbons (Fsp3) is 0.667. The number of unbranched alkanes of at least 4 members (excludes halogenated alkanes) is 7. The van der Waals surface area contributed by atoms with Gasteiger partial charge in [0, 0.05) is 12.8 Å². The number of hydrogen-bond donors (Lipinski definition) is 1. The highest BCUT2D eigenvalue weighted by molar-refractivity contribution is 5.72. The highest BCUT2D eigenvalue weighted by Crippen LogP contribution is 2.11. The lowest BCUT2D eigenvalue weighted by atomic mass is 10.1. The average molecular weight is 661 g/mol. The Morgan fingerprint density at radius 2 is 1.17 bits per heavy atom. The lowest BCUT2D eigenvalue weighted by Gasteiger charge is -2.31. The topological polar surface area (TPSA) is 99.1 Å². The highest BCUT2D eigenvalue weighted by atomic mass is 16.6. The van der Waals surface area contributed by atoms with Crippen LogP contribution in [-0.2, 0) is 28.6 Å². The zero-order chi connectivity index (χ0) is 35.0. The second-order valence-electron chi connectivity index (χ2n) is 12.8. The predicted octanol–water partition coefficient (Wildman–Crippen LogP) is 8.68. The van der Waals surface area contributed by atoms with E-state index in [1.807, 2.05) is 27.2 Å². The number of allylic oxidation sites excluding steroid dienone is 9. The smallest absolute Gasteiger partial charge is 0.362 e. The van der Waals surface area contributed by atoms with Crippen molar-refractivity contribution in [2.45, 2.75) is 129 Å². The van der Waals surface area contributed by atoms with Crippen LogP contribution in [-0.4, -0.2) is 80.6 Å². The quantitative estimate of drug-likeness (QED) is 0.0356. The lowest BCUT2D eigenvalue weighted by molar-refractivity contribution is -0.887. The molecule has 0 aromatic heterocycles. The largest absolute Gasteiger partial charge is 0.477 e. The van der Waals surface area contributed by atoms with Gasteiger partial charge < -0.3 is 23.8 Å². The molecule has 0 aliphatic carbocycles. The molecule has 8 heteroatoms. The van der Waals surface area contributed by atoms with E-state index in [0.717, 1.165) is 44.9 Å². The summed E-state index contributed by atoms with van der Waals surface area (Å²) in [6.45, 7) is 4.45. The molecule has 0 aromatic carbocycles. The average Bonchev–Trinajstić information content (AvgIpc) is 3.01. The summed E-state index contributed by atoms with van der Waals surface area (Å²) >= 11 is 0. The summed E-state index contributed by atoms with van der Waals surface area (Å²) in [5.74, 6) is -1.64. The Morgan fingerprint density at radius 1 is 0.660 bits per heavy atom. The van der Waals surface area contributed by atoms with E-state index in [-0.39, 0.29) is 36.7 Å². The SMILES string of the molecule is CC/C=C\C/C=C\C/C=C\C/C=C\C/C=C\CC(=O)OC(COCCC(C(=O)O)[N+](C)(C)C)COC(=O)CCCCCCCCCC. The fourth-order valence-electron chi connectivity index (χ4n) is 4.69. The molecule has 0 rings (SSSR count). The van der Waals surface area contributed by atoms with Gasteiger partial charge in [0.2, 0.25) is 0 Å². The molecule has 0 saturated heterocycles. The van der Waals surface area contributed by atoms with Crippen LogP contribution in [0.5, 0.6) is 0 Å². The molecule has 0 aromatic rings. The van der Waals surface area contributed by atoms with Crippen LogP contribution in [0.15, 0.2) is 60.8 Å². The summed E-state index contributed by atoms with van der Waals surface area (Å²) in [4.78, 5) is 36.5. The molecule has 0 aliphatic rings. The summed E-state index contributed by atoms with van der Waals surface area (Å²) in [6.07, 6.45) is 34.4. The van der Waals surface area contributed by atoms with Gasteiger partial charge in [-0.2, -0.15) is 0 Å². The van der Waals surface area contributed by atoms with Crippen LogP contribution in [0.2, 0.25) is 0 Å². The van der Waals surface area contributed by atoms with Crippen LogP contribution < -0.4 is 0 Å². The molecule has 8 nitrogen and oxygen atoms in total. The zero-order valence-corrected chi connectivity index (χ0v) is 30.2. The number of hydrogen-bond acceptors (Lipinski definition) is 6. The van der Waals surface area contributed by atoms with Crippen molar-refractivity contribution in [3.63, 3.8) is 0 Å². The van der Waals surface area contributed by atoms with Crippen molar-refractivity contribution >= 4 is 17.9 Å². The summed E-state index contributed by atoms with van der Waals surface area (Å²) in [5.41, 5.74) is 0. The predicted molar refractivity (Wildman–Crippen MR) is 192 cm³/mol. The van der Waals surface area contributed by atoms with Crippen molar-refractivity contribution < 1.29 is 38.2 Å². The number of aliphatic carboxylic acids is 1. The van der Waals surface area contributed by atoms with Gasteiger partial charge in [0.25, 0.3) is 0 Å². The summed E-state index contributed by atoms with van der Waals surface area (Å²) < 4.78 is 17.0. The number of carboxylic acids is 1. The Labute approximate surface area is 286 Å². The number of carboxylic acid groups (broad SMARTS) is 1. The van der Waals surface area contributed by atoms with Crippen molar-refractivity contribution in [3.8, 4) is 0 Å². The molecule has 0 bridgehead atoms. The second-order valence-corrected chi connectivity index (χ2v) is 12.8. The minimum absolute atomic E-state index is 0.0198. The first-order valence-corrected chi connectivity index (χ1v) is 17.8. The van der Waals surface area contributed by atoms with Crippen molar-refractivity contribution in [1.82, 2.24) is 0 Å². The number of carbonyl (C=O) groups is 3. The zero-order valence-electron chi connectivity index (χ0n) is 30.2. The maximum Gasteiger partial charge on any atom is 0.362 e. The molecule has 0 saturated carbocycles. The van der Waals surface area contributed by atoms with E-state index in [0.29, 0.717) is 19.3 Å². The van der Waals surface area contributed by atoms with E-state index in [1.165, 1.54) is 32.1 Å². The maximum atomic E-state index is 12.5. The van der Waals surface area contributed by atoms with E-state index in [4.69, 9.17) is 14.2 Å². The number of quaternary nitrogens is 1. The van der Waals surface area contributed by atoms with Crippen molar-refractivity contribution in [2.75, 3.05) is 41.0 Å². The van der Waals surface area contributed by atoms with Crippen LogP contribution in [0.25, 0.3) is 0 Å². The summed E-state index contributed by atoms with van der Waals surface area (Å²) in [6, 6.07) is -0.629. The first-order chi connectivity index (χ1) is 22.6. The number of ether oxygens (including phenoxy) is 3. The van der Waals surface area contributed by atoms with Gasteiger partial charge >= 0.3 is 17.9 Å². The minimum atomic E-state index is -0.893. The van der Waals surface area contributed by atoms with Gasteiger partial charge in [-0.05, 0) is 38.5 Å². The Hall–Kier alpha value is -2.97. The number of esters is 2. The molecule has 0 amide bonds. The first-order valence-electron chi connectivity index (χ1n) is 17.8. The molecule has 0 spiro atoms. The first kappa shape index (κ1) is 44.0. The van der Waals surface area contributed by atoms with Gasteiger partial charge in [-0.25, -0.2) is 4.79 Å². The Balaban J connectivity index is 4.62. The third kappa shape index (κ3) is 28.9. The van der Waals surface area contributed by atoms with Crippen molar-refractivity contribution in [3.05, 3.63) is 60.8 Å². The van der Waals surface area contributed by atoms with E-state index in [1.54, 1.807) is 6.08 Å². The Morgan fingerprint density at radius 3 is 1.68 bits per heavy atom. The molecule has 2 atom stereocenters. The van der Waals surface area contributed by atoms with Gasteiger partial charge in [0.1, 0.15) is 6.61 Å². The summed E-state index contributed by atoms with van der Waals surface area (Å²) in [5, 5.41) is 9.55. The van der Waals surface area contributed by atoms with Gasteiger partial charge in [-0.15, -0.1) is 0 Å². The molecule has 0 radical (unpaired) electrons. The number of likely N-dealkylation sites (N-methyl/N-ethyl adjacent to an activating group) is 1. The molecule has 0 heterocycles. The van der Waals surface area contributed by atoms with Crippen LogP contribution in [0.1, 0.15) is 117 Å². The van der Waals surface area contributed by atoms with Gasteiger partial charge in [0.15, 0.2) is 12.1 Å². The molecule has 1 N–H and O–H groups in total. The van der Waals surface area contributed by atoms with Gasteiger partial charge in [-0.1, -0.05) is 120 Å². The Bertz CT molecular complexity index is 959. The molecule has 0 fully saturated rings. The van der Waals surface area contributed by atoms with E-state index < -0.39 is 24.1 Å². The third-order valence-electron chi connectivity index (χ3n) is 7.46. The Kier molecular flexibility index (Phi) is 28.4. The van der Waals surface area contributed by atoms with Gasteiger partial charge in [-0.3, -0.25) is 9.59 Å². The lowest BCUT2D eigenvalue weighted by Crippen LogP contribution is -2.50. The van der Waals surface area contributed by atoms with Crippen LogP contribution in [0.3, 0.4) is 0 Å². The molecular formula is C39H66NO7+. The molecule has 47 heavy (non-hydrogen) atoms. The minimum Gasteiger partial charge on any atom is -0.477 e. The summed E-state index contributed by atoms with van der Waals surface area (Å²) in [7, 11) is 5.47. The number of carbonyl (C=O) groups excluding carboxylic acids is 2. The van der Waals surface area contributed by atoms with Crippen LogP contribution in [0.4, 0.5) is 0 Å². The molecule has 2 unspecified atom stereocenters. The normalized spacial score (nSPS) is 13.8. The second kappa shape index (κ2) is 30.4. The van der Waals surface area contributed by atoms with Gasteiger partial charge in [0.05, 0.1) is 40.8 Å². The standard InChI is InChI=1S/C39H65NO7/c1-6-8-10-12-14-16-17-18-19-20-21-22-24-26-28-30-38(42)47-35(33-45-32-31-36(39(43)44)40(3,4)5)34-46-37(41)29-27-25-23-15-13-11-9-7-2/h8,10,14,16,18-19,21-22,26,28,35-36H,6-7,9,11-13,15,17,20,23-25,27,29-34H2,1-5H3/p+1/b10-8-,16-14-,19-18-,22-21-,28-26-. The maximum absolute atomic E-state index is 12.5. The molecular weight excluding hydrogens is 594 g/mol. The van der Waals surface area contributed by atoms with E-state index in [9.17, 15) is 19.5 Å². The van der Waals surface area contributed by atoms with Crippen LogP contribution >= 0.6 is 0 Å².